The molecule has 2 unspecified atom stereocenters. The number of nitrogens with zero attached hydrogens (tertiary/aromatic N) is 2. The summed E-state index contributed by atoms with van der Waals surface area (Å²) in [5.74, 6) is -2.76. The summed E-state index contributed by atoms with van der Waals surface area (Å²) in [4.78, 5) is 28.1. The lowest BCUT2D eigenvalue weighted by atomic mass is 9.91. The molecule has 12 heteroatoms. The molecule has 2 atom stereocenters. The van der Waals surface area contributed by atoms with Crippen molar-refractivity contribution in [1.82, 2.24) is 15.1 Å². The summed E-state index contributed by atoms with van der Waals surface area (Å²) < 4.78 is 85.9. The van der Waals surface area contributed by atoms with Gasteiger partial charge in [-0.3, -0.25) is 9.59 Å². The highest BCUT2D eigenvalue weighted by Gasteiger charge is 2.49. The van der Waals surface area contributed by atoms with Crippen LogP contribution >= 0.6 is 0 Å². The lowest BCUT2D eigenvalue weighted by Gasteiger charge is -2.39. The van der Waals surface area contributed by atoms with Crippen LogP contribution in [0, 0.1) is 5.92 Å². The third kappa shape index (κ3) is 7.69. The molecule has 0 spiro atoms. The maximum atomic E-state index is 13.5. The molecule has 1 aromatic carbocycles. The van der Waals surface area contributed by atoms with E-state index in [4.69, 9.17) is 4.74 Å². The molecule has 40 heavy (non-hydrogen) atoms. The van der Waals surface area contributed by atoms with Crippen LogP contribution in [0.4, 0.5) is 26.3 Å². The van der Waals surface area contributed by atoms with Crippen molar-refractivity contribution in [2.45, 2.75) is 96.3 Å². The van der Waals surface area contributed by atoms with Gasteiger partial charge in [-0.1, -0.05) is 20.3 Å². The fraction of sp³-hybridized carbons (Fsp3) is 0.714. The minimum absolute atomic E-state index is 0.0150. The summed E-state index contributed by atoms with van der Waals surface area (Å²) in [6, 6.07) is 0.897. The number of rotatable bonds is 5. The number of hydrogen-bond donors (Lipinski definition) is 1. The van der Waals surface area contributed by atoms with Gasteiger partial charge in [0.05, 0.1) is 5.56 Å². The first kappa shape index (κ1) is 32.2. The van der Waals surface area contributed by atoms with Crippen molar-refractivity contribution in [3.63, 3.8) is 0 Å². The highest BCUT2D eigenvalue weighted by Crippen LogP contribution is 2.38. The molecule has 2 fully saturated rings. The van der Waals surface area contributed by atoms with Gasteiger partial charge in [0.15, 0.2) is 0 Å². The number of carbonyl (C=O) groups is 2. The second-order valence-corrected chi connectivity index (χ2v) is 10.7. The molecular weight excluding hydrogens is 540 g/mol. The Bertz CT molecular complexity index is 1020. The van der Waals surface area contributed by atoms with Crippen molar-refractivity contribution in [1.29, 1.82) is 0 Å². The summed E-state index contributed by atoms with van der Waals surface area (Å²) in [7, 11) is 1.65. The van der Waals surface area contributed by atoms with Crippen molar-refractivity contribution in [2.75, 3.05) is 26.8 Å². The molecule has 0 bridgehead atoms. The zero-order chi connectivity index (χ0) is 29.7. The summed E-state index contributed by atoms with van der Waals surface area (Å²) in [6.45, 7) is 5.38. The largest absolute Gasteiger partial charge is 0.471 e. The van der Waals surface area contributed by atoms with Gasteiger partial charge in [-0.2, -0.15) is 26.3 Å². The van der Waals surface area contributed by atoms with Crippen molar-refractivity contribution in [2.24, 2.45) is 5.92 Å². The Hall–Kier alpha value is -2.34. The van der Waals surface area contributed by atoms with Gasteiger partial charge in [0.1, 0.15) is 0 Å². The first-order valence-electron chi connectivity index (χ1n) is 13.9. The third-order valence-electron chi connectivity index (χ3n) is 7.64. The molecule has 3 aliphatic rings. The predicted molar refractivity (Wildman–Crippen MR) is 137 cm³/mol. The summed E-state index contributed by atoms with van der Waals surface area (Å²) in [5.41, 5.74) is 0.991. The molecule has 1 aliphatic carbocycles. The van der Waals surface area contributed by atoms with E-state index in [0.717, 1.165) is 22.6 Å². The summed E-state index contributed by atoms with van der Waals surface area (Å²) >= 11 is 0. The van der Waals surface area contributed by atoms with Crippen molar-refractivity contribution in [3.05, 3.63) is 34.4 Å². The van der Waals surface area contributed by atoms with Gasteiger partial charge in [-0.25, -0.2) is 0 Å². The van der Waals surface area contributed by atoms with E-state index < -0.39 is 41.8 Å². The summed E-state index contributed by atoms with van der Waals surface area (Å²) in [5, 5.41) is 2.89. The first-order chi connectivity index (χ1) is 18.8. The highest BCUT2D eigenvalue weighted by molar-refractivity contribution is 5.83. The number of hydrogen-bond acceptors (Lipinski definition) is 4. The van der Waals surface area contributed by atoms with Crippen LogP contribution in [0.5, 0.6) is 0 Å². The lowest BCUT2D eigenvalue weighted by molar-refractivity contribution is -0.192. The van der Waals surface area contributed by atoms with Crippen LogP contribution in [0.3, 0.4) is 0 Å². The molecule has 226 valence electrons. The minimum atomic E-state index is -5.02. The Morgan fingerprint density at radius 1 is 1.02 bits per heavy atom. The number of benzene rings is 1. The third-order valence-corrected chi connectivity index (χ3v) is 7.64. The lowest BCUT2D eigenvalue weighted by Crippen LogP contribution is -2.53. The average molecular weight is 580 g/mol. The molecule has 2 amide bonds. The van der Waals surface area contributed by atoms with Gasteiger partial charge in [0.2, 0.25) is 5.91 Å². The maximum absolute atomic E-state index is 13.5. The van der Waals surface area contributed by atoms with E-state index in [2.05, 4.69) is 19.2 Å². The van der Waals surface area contributed by atoms with Crippen molar-refractivity contribution in [3.8, 4) is 0 Å². The van der Waals surface area contributed by atoms with E-state index in [9.17, 15) is 35.9 Å². The van der Waals surface area contributed by atoms with Gasteiger partial charge in [-0.15, -0.1) is 0 Å². The van der Waals surface area contributed by atoms with Crippen LogP contribution in [0.1, 0.15) is 74.6 Å². The van der Waals surface area contributed by atoms with Crippen LogP contribution in [-0.4, -0.2) is 66.7 Å². The minimum Gasteiger partial charge on any atom is -0.381 e. The zero-order valence-corrected chi connectivity index (χ0v) is 23.3. The topological polar surface area (TPSA) is 61.9 Å². The van der Waals surface area contributed by atoms with Crippen LogP contribution in [-0.2, 0) is 40.0 Å². The number of nitrogens with one attached hydrogen (secondary N) is 1. The Kier molecular flexibility index (Phi) is 10.9. The highest BCUT2D eigenvalue weighted by atomic mass is 19.4. The number of amides is 2. The van der Waals surface area contributed by atoms with Gasteiger partial charge in [-0.05, 0) is 74.4 Å². The summed E-state index contributed by atoms with van der Waals surface area (Å²) in [6.07, 6.45) is -6.59. The predicted octanol–water partition coefficient (Wildman–Crippen LogP) is 5.46. The molecule has 6 nitrogen and oxygen atoms in total. The number of alkyl halides is 6. The molecule has 4 rings (SSSR count). The van der Waals surface area contributed by atoms with Crippen LogP contribution in [0.15, 0.2) is 12.1 Å². The van der Waals surface area contributed by atoms with E-state index in [1.54, 1.807) is 7.05 Å². The number of ether oxygens (including phenoxy) is 1. The molecule has 0 aromatic heterocycles. The fourth-order valence-corrected chi connectivity index (χ4v) is 5.92. The first-order valence-corrected chi connectivity index (χ1v) is 13.9. The molecule has 1 aromatic rings. The quantitative estimate of drug-likeness (QED) is 0.471. The van der Waals surface area contributed by atoms with E-state index in [0.29, 0.717) is 43.4 Å². The standard InChI is InChI=1S/C25H31F6N3O3.C3H8/c1-32-13-16-10-18(24(26,27)28)11-17-14-33(7-4-21(16)17)22(35)15-2-3-20(12-15)34(23(36)25(29,30)31)19-5-8-37-9-6-19;1-3-2/h10-11,15,19-20,32H,2-9,12-14H2,1H3;3H2,1-2H3. The molecule has 1 N–H and O–H groups in total. The smallest absolute Gasteiger partial charge is 0.381 e. The van der Waals surface area contributed by atoms with E-state index in [-0.39, 0.29) is 45.1 Å². The number of carbonyl (C=O) groups excluding carboxylic acids is 2. The van der Waals surface area contributed by atoms with Crippen molar-refractivity contribution >= 4 is 11.8 Å². The van der Waals surface area contributed by atoms with Crippen LogP contribution in [0.25, 0.3) is 0 Å². The second-order valence-electron chi connectivity index (χ2n) is 10.7. The Morgan fingerprint density at radius 2 is 1.68 bits per heavy atom. The molecule has 1 saturated carbocycles. The SMILES string of the molecule is CCC.CNCc1cc(C(F)(F)F)cc2c1CCN(C(=O)C1CCC(N(C(=O)C(F)(F)F)C3CCOCC3)C1)C2. The van der Waals surface area contributed by atoms with Gasteiger partial charge >= 0.3 is 18.3 Å². The molecule has 1 saturated heterocycles. The molecule has 2 heterocycles. The molecule has 0 radical (unpaired) electrons. The van der Waals surface area contributed by atoms with E-state index in [1.807, 2.05) is 0 Å². The van der Waals surface area contributed by atoms with Gasteiger partial charge in [0.25, 0.3) is 0 Å². The number of fused-ring (bicyclic) bond motifs is 1. The maximum Gasteiger partial charge on any atom is 0.471 e. The molecular formula is C28H39F6N3O3. The van der Waals surface area contributed by atoms with Crippen LogP contribution < -0.4 is 5.32 Å². The Balaban J connectivity index is 0.00000141. The number of halogens is 6. The van der Waals surface area contributed by atoms with Crippen LogP contribution in [0.2, 0.25) is 0 Å². The zero-order valence-electron chi connectivity index (χ0n) is 23.3. The second kappa shape index (κ2) is 13.5. The van der Waals surface area contributed by atoms with Crippen molar-refractivity contribution < 1.29 is 40.7 Å². The average Bonchev–Trinajstić information content (AvgIpc) is 3.38. The normalized spacial score (nSPS) is 21.9. The van der Waals surface area contributed by atoms with E-state index >= 15 is 0 Å². The molecule has 2 aliphatic heterocycles. The fourth-order valence-electron chi connectivity index (χ4n) is 5.92. The van der Waals surface area contributed by atoms with E-state index in [1.165, 1.54) is 11.3 Å². The monoisotopic (exact) mass is 579 g/mol. The van der Waals surface area contributed by atoms with Gasteiger partial charge in [0, 0.05) is 50.8 Å². The Labute approximate surface area is 231 Å². The van der Waals surface area contributed by atoms with Gasteiger partial charge < -0.3 is 19.9 Å². The Morgan fingerprint density at radius 3 is 2.25 bits per heavy atom.